The Labute approximate surface area is 134 Å². The molecule has 1 fully saturated rings. The highest BCUT2D eigenvalue weighted by Crippen LogP contribution is 2.20. The quantitative estimate of drug-likeness (QED) is 0.837. The number of rotatable bonds is 5. The van der Waals surface area contributed by atoms with E-state index >= 15 is 0 Å². The number of hydrogen-bond donors (Lipinski definition) is 0. The maximum Gasteiger partial charge on any atom is 0.237 e. The molecule has 5 heteroatoms. The molecular formula is C17H30N4O. The number of hydrogen-bond acceptors (Lipinski definition) is 3. The van der Waals surface area contributed by atoms with Gasteiger partial charge >= 0.3 is 0 Å². The van der Waals surface area contributed by atoms with E-state index in [1.165, 1.54) is 12.1 Å². The zero-order valence-corrected chi connectivity index (χ0v) is 14.7. The van der Waals surface area contributed by atoms with Crippen molar-refractivity contribution in [2.45, 2.75) is 65.6 Å². The molecule has 0 aromatic carbocycles. The van der Waals surface area contributed by atoms with Crippen molar-refractivity contribution in [3.05, 3.63) is 17.5 Å². The van der Waals surface area contributed by atoms with Crippen LogP contribution < -0.4 is 0 Å². The van der Waals surface area contributed by atoms with Gasteiger partial charge in [0.25, 0.3) is 0 Å². The summed E-state index contributed by atoms with van der Waals surface area (Å²) < 4.78 is 2.05. The number of likely N-dealkylation sites (N-methyl/N-ethyl adjacent to an activating group) is 1. The molecule has 0 saturated carbocycles. The fourth-order valence-electron chi connectivity index (χ4n) is 3.06. The van der Waals surface area contributed by atoms with Crippen molar-refractivity contribution in [2.75, 3.05) is 20.1 Å². The van der Waals surface area contributed by atoms with E-state index in [0.717, 1.165) is 31.6 Å². The van der Waals surface area contributed by atoms with E-state index in [0.29, 0.717) is 12.6 Å². The van der Waals surface area contributed by atoms with Crippen molar-refractivity contribution in [1.82, 2.24) is 19.6 Å². The molecule has 22 heavy (non-hydrogen) atoms. The molecule has 0 N–H and O–H groups in total. The second-order valence-electron chi connectivity index (χ2n) is 6.85. The Morgan fingerprint density at radius 2 is 2.14 bits per heavy atom. The van der Waals surface area contributed by atoms with Gasteiger partial charge in [0, 0.05) is 18.3 Å². The second kappa shape index (κ2) is 7.27. The van der Waals surface area contributed by atoms with E-state index in [1.807, 2.05) is 14.0 Å². The number of aryl methyl sites for hydroxylation is 2. The molecule has 0 aliphatic carbocycles. The molecule has 1 saturated heterocycles. The Morgan fingerprint density at radius 3 is 2.73 bits per heavy atom. The Kier molecular flexibility index (Phi) is 5.62. The average molecular weight is 306 g/mol. The Morgan fingerprint density at radius 1 is 1.41 bits per heavy atom. The lowest BCUT2D eigenvalue weighted by atomic mass is 10.0. The number of carbonyl (C=O) groups is 1. The Bertz CT molecular complexity index is 509. The minimum absolute atomic E-state index is 0.252. The molecule has 1 amide bonds. The third-order valence-electron chi connectivity index (χ3n) is 4.70. The summed E-state index contributed by atoms with van der Waals surface area (Å²) in [5.41, 5.74) is 2.22. The first-order valence-electron chi connectivity index (χ1n) is 8.39. The van der Waals surface area contributed by atoms with Crippen molar-refractivity contribution in [3.8, 4) is 0 Å². The number of amides is 1. The highest BCUT2D eigenvalue weighted by Gasteiger charge is 2.28. The first-order valence-corrected chi connectivity index (χ1v) is 8.39. The summed E-state index contributed by atoms with van der Waals surface area (Å²) in [4.78, 5) is 16.8. The highest BCUT2D eigenvalue weighted by atomic mass is 16.2. The molecule has 1 aliphatic rings. The summed E-state index contributed by atoms with van der Waals surface area (Å²) in [5, 5.41) is 4.56. The maximum atomic E-state index is 12.7. The van der Waals surface area contributed by atoms with Gasteiger partial charge in [0.05, 0.1) is 24.8 Å². The summed E-state index contributed by atoms with van der Waals surface area (Å²) in [7, 11) is 2.02. The summed E-state index contributed by atoms with van der Waals surface area (Å²) in [6, 6.07) is 2.77. The predicted octanol–water partition coefficient (Wildman–Crippen LogP) is 2.22. The molecule has 124 valence electrons. The number of piperidine rings is 1. The van der Waals surface area contributed by atoms with Crippen molar-refractivity contribution < 1.29 is 4.79 Å². The summed E-state index contributed by atoms with van der Waals surface area (Å²) in [6.45, 7) is 10.6. The van der Waals surface area contributed by atoms with E-state index in [9.17, 15) is 4.79 Å². The van der Waals surface area contributed by atoms with Gasteiger partial charge in [0.1, 0.15) is 0 Å². The molecule has 5 nitrogen and oxygen atoms in total. The van der Waals surface area contributed by atoms with Crippen LogP contribution in [0.2, 0.25) is 0 Å². The van der Waals surface area contributed by atoms with Gasteiger partial charge in [0.2, 0.25) is 5.91 Å². The molecule has 0 radical (unpaired) electrons. The topological polar surface area (TPSA) is 41.4 Å². The van der Waals surface area contributed by atoms with E-state index in [-0.39, 0.29) is 11.9 Å². The number of nitrogens with zero attached hydrogens (tertiary/aromatic N) is 4. The second-order valence-corrected chi connectivity index (χ2v) is 6.85. The maximum absolute atomic E-state index is 12.7. The van der Waals surface area contributed by atoms with Crippen LogP contribution in [-0.2, 0) is 11.3 Å². The smallest absolute Gasteiger partial charge is 0.237 e. The van der Waals surface area contributed by atoms with Crippen molar-refractivity contribution in [2.24, 2.45) is 0 Å². The predicted molar refractivity (Wildman–Crippen MR) is 88.8 cm³/mol. The third-order valence-corrected chi connectivity index (χ3v) is 4.70. The third kappa shape index (κ3) is 4.09. The van der Waals surface area contributed by atoms with Crippen LogP contribution >= 0.6 is 0 Å². The van der Waals surface area contributed by atoms with Crippen LogP contribution in [0, 0.1) is 13.8 Å². The van der Waals surface area contributed by atoms with Gasteiger partial charge in [-0.1, -0.05) is 0 Å². The summed E-state index contributed by atoms with van der Waals surface area (Å²) in [6.07, 6.45) is 3.40. The van der Waals surface area contributed by atoms with Gasteiger partial charge < -0.3 is 4.90 Å². The van der Waals surface area contributed by atoms with Crippen LogP contribution in [0.4, 0.5) is 0 Å². The van der Waals surface area contributed by atoms with Gasteiger partial charge in [-0.05, 0) is 60.1 Å². The molecule has 2 heterocycles. The van der Waals surface area contributed by atoms with E-state index in [1.54, 1.807) is 0 Å². The largest absolute Gasteiger partial charge is 0.337 e. The monoisotopic (exact) mass is 306 g/mol. The first-order chi connectivity index (χ1) is 10.4. The zero-order valence-electron chi connectivity index (χ0n) is 14.7. The molecule has 1 aliphatic heterocycles. The van der Waals surface area contributed by atoms with Crippen LogP contribution in [0.5, 0.6) is 0 Å². The van der Waals surface area contributed by atoms with Gasteiger partial charge in [0.15, 0.2) is 0 Å². The molecular weight excluding hydrogens is 276 g/mol. The highest BCUT2D eigenvalue weighted by molar-refractivity contribution is 5.78. The molecule has 0 bridgehead atoms. The Hall–Kier alpha value is -1.36. The standard InChI is InChI=1S/C17H30N4O/c1-13(2)19(5)12-17(22)20-9-7-6-8-16(20)11-21-15(4)10-14(3)18-21/h10,13,16H,6-9,11-12H2,1-5H3/t16-/m1/s1. The Balaban J connectivity index is 2.04. The van der Waals surface area contributed by atoms with E-state index < -0.39 is 0 Å². The van der Waals surface area contributed by atoms with Crippen molar-refractivity contribution in [1.29, 1.82) is 0 Å². The molecule has 2 rings (SSSR count). The van der Waals surface area contributed by atoms with Gasteiger partial charge in [-0.15, -0.1) is 0 Å². The zero-order chi connectivity index (χ0) is 16.3. The van der Waals surface area contributed by atoms with Gasteiger partial charge in [-0.3, -0.25) is 14.4 Å². The normalized spacial score (nSPS) is 19.2. The van der Waals surface area contributed by atoms with Gasteiger partial charge in [-0.25, -0.2) is 0 Å². The van der Waals surface area contributed by atoms with Gasteiger partial charge in [-0.2, -0.15) is 5.10 Å². The first kappa shape index (κ1) is 17.0. The number of likely N-dealkylation sites (tertiary alicyclic amines) is 1. The fraction of sp³-hybridized carbons (Fsp3) is 0.765. The van der Waals surface area contributed by atoms with Crippen LogP contribution in [0.15, 0.2) is 6.07 Å². The molecule has 1 atom stereocenters. The number of aromatic nitrogens is 2. The minimum atomic E-state index is 0.252. The summed E-state index contributed by atoms with van der Waals surface area (Å²) >= 11 is 0. The lowest BCUT2D eigenvalue weighted by molar-refractivity contribution is -0.136. The molecule has 1 aromatic heterocycles. The lowest BCUT2D eigenvalue weighted by Gasteiger charge is -2.37. The lowest BCUT2D eigenvalue weighted by Crippen LogP contribution is -2.50. The molecule has 0 unspecified atom stereocenters. The SMILES string of the molecule is Cc1cc(C)n(C[C@H]2CCCCN2C(=O)CN(C)C(C)C)n1. The molecule has 1 aromatic rings. The van der Waals surface area contributed by atoms with Crippen LogP contribution in [-0.4, -0.2) is 57.7 Å². The fourth-order valence-corrected chi connectivity index (χ4v) is 3.06. The number of carbonyl (C=O) groups excluding carboxylic acids is 1. The van der Waals surface area contributed by atoms with Crippen LogP contribution in [0.3, 0.4) is 0 Å². The van der Waals surface area contributed by atoms with Crippen molar-refractivity contribution >= 4 is 5.91 Å². The van der Waals surface area contributed by atoms with E-state index in [4.69, 9.17) is 0 Å². The minimum Gasteiger partial charge on any atom is -0.337 e. The summed E-state index contributed by atoms with van der Waals surface area (Å²) in [5.74, 6) is 0.252. The van der Waals surface area contributed by atoms with Crippen molar-refractivity contribution in [3.63, 3.8) is 0 Å². The van der Waals surface area contributed by atoms with Crippen LogP contribution in [0.1, 0.15) is 44.5 Å². The van der Waals surface area contributed by atoms with Crippen LogP contribution in [0.25, 0.3) is 0 Å². The average Bonchev–Trinajstić information content (AvgIpc) is 2.77. The molecule has 0 spiro atoms. The van der Waals surface area contributed by atoms with E-state index in [2.05, 4.69) is 46.4 Å².